The summed E-state index contributed by atoms with van der Waals surface area (Å²) in [4.78, 5) is 11.1. The lowest BCUT2D eigenvalue weighted by atomic mass is 10.1. The average Bonchev–Trinajstić information content (AvgIpc) is 2.82. The Kier molecular flexibility index (Phi) is 9.13. The topological polar surface area (TPSA) is 26.3 Å². The molecule has 0 fully saturated rings. The highest BCUT2D eigenvalue weighted by Crippen LogP contribution is 2.12. The van der Waals surface area contributed by atoms with E-state index in [1.165, 1.54) is 57.8 Å². The standard InChI is InChI=1S/C17H28O2/c1-2-3-4-5-6-7-8-9-10-11-12-13-16-14-15-19-17(16)18/h12-14H,2-11,15H2,1H3/b13-12+. The molecule has 0 aromatic carbocycles. The first kappa shape index (κ1) is 16.0. The summed E-state index contributed by atoms with van der Waals surface area (Å²) in [5.74, 6) is -0.177. The van der Waals surface area contributed by atoms with Crippen molar-refractivity contribution < 1.29 is 9.53 Å². The highest BCUT2D eigenvalue weighted by atomic mass is 16.5. The molecule has 0 radical (unpaired) electrons. The lowest BCUT2D eigenvalue weighted by Crippen LogP contribution is -1.96. The van der Waals surface area contributed by atoms with Crippen molar-refractivity contribution in [2.75, 3.05) is 6.61 Å². The maximum atomic E-state index is 11.1. The van der Waals surface area contributed by atoms with Crippen molar-refractivity contribution in [1.29, 1.82) is 0 Å². The highest BCUT2D eigenvalue weighted by molar-refractivity contribution is 5.93. The van der Waals surface area contributed by atoms with Crippen LogP contribution >= 0.6 is 0 Å². The van der Waals surface area contributed by atoms with Gasteiger partial charge >= 0.3 is 5.97 Å². The van der Waals surface area contributed by atoms with E-state index < -0.39 is 0 Å². The van der Waals surface area contributed by atoms with Crippen molar-refractivity contribution in [2.24, 2.45) is 0 Å². The number of carbonyl (C=O) groups excluding carboxylic acids is 1. The summed E-state index contributed by atoms with van der Waals surface area (Å²) in [7, 11) is 0. The highest BCUT2D eigenvalue weighted by Gasteiger charge is 2.12. The average molecular weight is 264 g/mol. The Morgan fingerprint density at radius 3 is 2.26 bits per heavy atom. The lowest BCUT2D eigenvalue weighted by molar-refractivity contribution is -0.135. The van der Waals surface area contributed by atoms with Gasteiger partial charge in [0.15, 0.2) is 0 Å². The molecule has 0 aliphatic carbocycles. The molecule has 0 N–H and O–H groups in total. The molecule has 0 unspecified atom stereocenters. The van der Waals surface area contributed by atoms with E-state index in [0.29, 0.717) is 6.61 Å². The number of esters is 1. The van der Waals surface area contributed by atoms with Crippen molar-refractivity contribution in [3.8, 4) is 0 Å². The summed E-state index contributed by atoms with van der Waals surface area (Å²) < 4.78 is 4.83. The van der Waals surface area contributed by atoms with Gasteiger partial charge in [-0.3, -0.25) is 0 Å². The molecule has 0 saturated carbocycles. The van der Waals surface area contributed by atoms with Gasteiger partial charge in [-0.15, -0.1) is 0 Å². The second-order valence-electron chi connectivity index (χ2n) is 5.28. The number of cyclic esters (lactones) is 1. The van der Waals surface area contributed by atoms with Crippen LogP contribution in [0.15, 0.2) is 23.8 Å². The first-order valence-electron chi connectivity index (χ1n) is 7.88. The molecule has 0 saturated heterocycles. The lowest BCUT2D eigenvalue weighted by Gasteiger charge is -2.00. The maximum Gasteiger partial charge on any atom is 0.338 e. The van der Waals surface area contributed by atoms with Crippen molar-refractivity contribution in [3.63, 3.8) is 0 Å². The molecule has 1 aliphatic heterocycles. The summed E-state index contributed by atoms with van der Waals surface area (Å²) in [6.45, 7) is 2.70. The van der Waals surface area contributed by atoms with E-state index >= 15 is 0 Å². The van der Waals surface area contributed by atoms with Crippen LogP contribution in [0.1, 0.15) is 71.1 Å². The predicted octanol–water partition coefficient (Wildman–Crippen LogP) is 4.95. The number of ether oxygens (including phenoxy) is 1. The normalized spacial score (nSPS) is 15.0. The number of hydrogen-bond acceptors (Lipinski definition) is 2. The smallest absolute Gasteiger partial charge is 0.338 e. The van der Waals surface area contributed by atoms with Gasteiger partial charge in [0.2, 0.25) is 0 Å². The van der Waals surface area contributed by atoms with Gasteiger partial charge in [-0.1, -0.05) is 70.4 Å². The Morgan fingerprint density at radius 2 is 1.68 bits per heavy atom. The van der Waals surface area contributed by atoms with Gasteiger partial charge in [0.25, 0.3) is 0 Å². The molecule has 1 heterocycles. The molecule has 0 aromatic heterocycles. The number of carbonyl (C=O) groups is 1. The van der Waals surface area contributed by atoms with Gasteiger partial charge in [0.1, 0.15) is 6.61 Å². The molecule has 2 nitrogen and oxygen atoms in total. The number of hydrogen-bond donors (Lipinski definition) is 0. The Labute approximate surface area is 117 Å². The molecule has 2 heteroatoms. The third-order valence-electron chi connectivity index (χ3n) is 3.53. The van der Waals surface area contributed by atoms with Gasteiger partial charge in [-0.2, -0.15) is 0 Å². The molecule has 1 aliphatic rings. The van der Waals surface area contributed by atoms with Crippen molar-refractivity contribution in [3.05, 3.63) is 23.8 Å². The second kappa shape index (κ2) is 10.8. The summed E-state index contributed by atoms with van der Waals surface area (Å²) in [6.07, 6.45) is 19.1. The van der Waals surface area contributed by atoms with Crippen LogP contribution in [0.5, 0.6) is 0 Å². The molecule has 0 aromatic rings. The molecule has 0 spiro atoms. The fourth-order valence-corrected chi connectivity index (χ4v) is 2.29. The van der Waals surface area contributed by atoms with E-state index in [-0.39, 0.29) is 5.97 Å². The van der Waals surface area contributed by atoms with Gasteiger partial charge in [0.05, 0.1) is 5.57 Å². The molecule has 0 atom stereocenters. The van der Waals surface area contributed by atoms with E-state index in [9.17, 15) is 4.79 Å². The monoisotopic (exact) mass is 264 g/mol. The fraction of sp³-hybridized carbons (Fsp3) is 0.706. The van der Waals surface area contributed by atoms with Crippen LogP contribution in [-0.4, -0.2) is 12.6 Å². The Hall–Kier alpha value is -1.05. The minimum Gasteiger partial charge on any atom is -0.458 e. The predicted molar refractivity (Wildman–Crippen MR) is 80.0 cm³/mol. The van der Waals surface area contributed by atoms with Crippen molar-refractivity contribution in [1.82, 2.24) is 0 Å². The fourth-order valence-electron chi connectivity index (χ4n) is 2.29. The third kappa shape index (κ3) is 7.86. The summed E-state index contributed by atoms with van der Waals surface area (Å²) >= 11 is 0. The molecule has 1 rings (SSSR count). The largest absolute Gasteiger partial charge is 0.458 e. The third-order valence-corrected chi connectivity index (χ3v) is 3.53. The minimum atomic E-state index is -0.177. The van der Waals surface area contributed by atoms with E-state index in [2.05, 4.69) is 13.0 Å². The van der Waals surface area contributed by atoms with E-state index in [1.54, 1.807) is 0 Å². The Morgan fingerprint density at radius 1 is 1.05 bits per heavy atom. The van der Waals surface area contributed by atoms with Crippen LogP contribution in [0.25, 0.3) is 0 Å². The number of rotatable bonds is 11. The van der Waals surface area contributed by atoms with E-state index in [4.69, 9.17) is 4.74 Å². The molecule has 0 bridgehead atoms. The summed E-state index contributed by atoms with van der Waals surface area (Å²) in [6, 6.07) is 0. The first-order valence-corrected chi connectivity index (χ1v) is 7.88. The zero-order valence-corrected chi connectivity index (χ0v) is 12.3. The van der Waals surface area contributed by atoms with Crippen LogP contribution < -0.4 is 0 Å². The van der Waals surface area contributed by atoms with Gasteiger partial charge in [-0.05, 0) is 18.9 Å². The van der Waals surface area contributed by atoms with Gasteiger partial charge in [0, 0.05) is 0 Å². The summed E-state index contributed by atoms with van der Waals surface area (Å²) in [5.41, 5.74) is 0.718. The first-order chi connectivity index (χ1) is 9.34. The molecular formula is C17H28O2. The van der Waals surface area contributed by atoms with Crippen LogP contribution in [0.2, 0.25) is 0 Å². The quantitative estimate of drug-likeness (QED) is 0.390. The Balaban J connectivity index is 1.86. The molecule has 108 valence electrons. The molecule has 0 amide bonds. The maximum absolute atomic E-state index is 11.1. The summed E-state index contributed by atoms with van der Waals surface area (Å²) in [5, 5.41) is 0. The van der Waals surface area contributed by atoms with Crippen LogP contribution in [-0.2, 0) is 9.53 Å². The van der Waals surface area contributed by atoms with Crippen molar-refractivity contribution in [2.45, 2.75) is 71.1 Å². The number of allylic oxidation sites excluding steroid dienone is 1. The van der Waals surface area contributed by atoms with E-state index in [0.717, 1.165) is 12.0 Å². The van der Waals surface area contributed by atoms with Gasteiger partial charge in [-0.25, -0.2) is 4.79 Å². The number of unbranched alkanes of at least 4 members (excludes halogenated alkanes) is 9. The van der Waals surface area contributed by atoms with E-state index in [1.807, 2.05) is 12.2 Å². The molecular weight excluding hydrogens is 236 g/mol. The van der Waals surface area contributed by atoms with Crippen LogP contribution in [0.3, 0.4) is 0 Å². The zero-order valence-electron chi connectivity index (χ0n) is 12.3. The van der Waals surface area contributed by atoms with Crippen molar-refractivity contribution >= 4 is 5.97 Å². The SMILES string of the molecule is CCCCCCCCCCC/C=C/C1=CCOC1=O. The second-order valence-corrected chi connectivity index (χ2v) is 5.28. The Bertz CT molecular complexity index is 302. The van der Waals surface area contributed by atoms with Gasteiger partial charge < -0.3 is 4.74 Å². The zero-order chi connectivity index (χ0) is 13.8. The van der Waals surface area contributed by atoms with Crippen LogP contribution in [0, 0.1) is 0 Å². The van der Waals surface area contributed by atoms with Crippen LogP contribution in [0.4, 0.5) is 0 Å². The molecule has 19 heavy (non-hydrogen) atoms. The minimum absolute atomic E-state index is 0.177.